The molecule has 0 bridgehead atoms. The van der Waals surface area contributed by atoms with Crippen LogP contribution in [0.25, 0.3) is 0 Å². The predicted molar refractivity (Wildman–Crippen MR) is 135 cm³/mol. The average Bonchev–Trinajstić information content (AvgIpc) is 3.30. The minimum atomic E-state index is -0.791. The van der Waals surface area contributed by atoms with Crippen LogP contribution in [0.2, 0.25) is 0 Å². The van der Waals surface area contributed by atoms with Gasteiger partial charge in [-0.1, -0.05) is 42.5 Å². The van der Waals surface area contributed by atoms with Gasteiger partial charge in [-0.3, -0.25) is 9.59 Å². The van der Waals surface area contributed by atoms with Crippen LogP contribution in [0.4, 0.5) is 0 Å². The molecule has 0 spiro atoms. The van der Waals surface area contributed by atoms with Gasteiger partial charge in [0.2, 0.25) is 11.8 Å². The van der Waals surface area contributed by atoms with E-state index in [0.29, 0.717) is 19.4 Å². The zero-order valence-electron chi connectivity index (χ0n) is 19.8. The Kier molecular flexibility index (Phi) is 8.79. The van der Waals surface area contributed by atoms with Crippen molar-refractivity contribution in [3.63, 3.8) is 0 Å². The summed E-state index contributed by atoms with van der Waals surface area (Å²) < 4.78 is 5.84. The summed E-state index contributed by atoms with van der Waals surface area (Å²) in [5.74, 6) is 0.0913. The van der Waals surface area contributed by atoms with Crippen LogP contribution >= 0.6 is 11.3 Å². The van der Waals surface area contributed by atoms with Crippen LogP contribution in [0.15, 0.2) is 65.5 Å². The number of carbonyl (C=O) groups excluding carboxylic acids is 2. The SMILES string of the molecule is CC(C)(C)NC(=O)[C@@H](Cc1ccc(OCc2ccccc2)cc1)NC(=O)[C@@H](N)Cc1cscn1. The summed E-state index contributed by atoms with van der Waals surface area (Å²) in [5, 5.41) is 7.64. The Morgan fingerprint density at radius 1 is 1.00 bits per heavy atom. The first kappa shape index (κ1) is 25.4. The highest BCUT2D eigenvalue weighted by molar-refractivity contribution is 7.07. The van der Waals surface area contributed by atoms with Crippen molar-refractivity contribution in [2.24, 2.45) is 5.73 Å². The van der Waals surface area contributed by atoms with Gasteiger partial charge in [0.25, 0.3) is 0 Å². The van der Waals surface area contributed by atoms with Crippen LogP contribution in [0, 0.1) is 0 Å². The Balaban J connectivity index is 1.64. The lowest BCUT2D eigenvalue weighted by molar-refractivity contribution is -0.130. The highest BCUT2D eigenvalue weighted by Crippen LogP contribution is 2.16. The number of aromatic nitrogens is 1. The van der Waals surface area contributed by atoms with Crippen molar-refractivity contribution in [3.05, 3.63) is 82.3 Å². The molecule has 0 saturated carbocycles. The molecule has 0 radical (unpaired) electrons. The van der Waals surface area contributed by atoms with Crippen molar-refractivity contribution in [1.82, 2.24) is 15.6 Å². The molecule has 2 atom stereocenters. The van der Waals surface area contributed by atoms with Gasteiger partial charge in [0.1, 0.15) is 18.4 Å². The first-order valence-corrected chi connectivity index (χ1v) is 12.1. The lowest BCUT2D eigenvalue weighted by Crippen LogP contribution is -2.56. The minimum absolute atomic E-state index is 0.258. The van der Waals surface area contributed by atoms with Gasteiger partial charge in [-0.25, -0.2) is 4.98 Å². The van der Waals surface area contributed by atoms with Gasteiger partial charge in [0, 0.05) is 23.8 Å². The summed E-state index contributed by atoms with van der Waals surface area (Å²) in [7, 11) is 0. The summed E-state index contributed by atoms with van der Waals surface area (Å²) in [6, 6.07) is 15.9. The Hall–Kier alpha value is -3.23. The maximum absolute atomic E-state index is 13.0. The molecule has 2 amide bonds. The van der Waals surface area contributed by atoms with Crippen LogP contribution in [0.5, 0.6) is 5.75 Å². The lowest BCUT2D eigenvalue weighted by atomic mass is 10.0. The van der Waals surface area contributed by atoms with E-state index in [1.165, 1.54) is 11.3 Å². The van der Waals surface area contributed by atoms with Gasteiger partial charge in [0.15, 0.2) is 0 Å². The molecule has 0 aliphatic heterocycles. The molecule has 1 heterocycles. The number of hydrogen-bond donors (Lipinski definition) is 3. The van der Waals surface area contributed by atoms with Crippen LogP contribution in [0.3, 0.4) is 0 Å². The van der Waals surface area contributed by atoms with E-state index in [-0.39, 0.29) is 11.8 Å². The fourth-order valence-corrected chi connectivity index (χ4v) is 3.87. The second-order valence-corrected chi connectivity index (χ2v) is 9.93. The number of rotatable bonds is 10. The van der Waals surface area contributed by atoms with E-state index < -0.39 is 17.6 Å². The van der Waals surface area contributed by atoms with E-state index in [1.54, 1.807) is 5.51 Å². The number of thiazole rings is 1. The quantitative estimate of drug-likeness (QED) is 0.413. The molecule has 0 unspecified atom stereocenters. The van der Waals surface area contributed by atoms with Gasteiger partial charge in [-0.05, 0) is 44.0 Å². The summed E-state index contributed by atoms with van der Waals surface area (Å²) in [6.45, 7) is 6.17. The van der Waals surface area contributed by atoms with Gasteiger partial charge >= 0.3 is 0 Å². The maximum Gasteiger partial charge on any atom is 0.243 e. The summed E-state index contributed by atoms with van der Waals surface area (Å²) in [4.78, 5) is 29.9. The topological polar surface area (TPSA) is 106 Å². The average molecular weight is 481 g/mol. The Bertz CT molecular complexity index is 1050. The van der Waals surface area contributed by atoms with E-state index in [1.807, 2.05) is 80.7 Å². The van der Waals surface area contributed by atoms with Gasteiger partial charge in [-0.2, -0.15) is 0 Å². The van der Waals surface area contributed by atoms with Crippen molar-refractivity contribution < 1.29 is 14.3 Å². The second kappa shape index (κ2) is 11.8. The van der Waals surface area contributed by atoms with Crippen LogP contribution in [-0.4, -0.2) is 34.4 Å². The van der Waals surface area contributed by atoms with Crippen LogP contribution in [-0.2, 0) is 29.0 Å². The van der Waals surface area contributed by atoms with E-state index in [2.05, 4.69) is 15.6 Å². The molecular formula is C26H32N4O3S. The molecule has 8 heteroatoms. The number of hydrogen-bond acceptors (Lipinski definition) is 6. The molecule has 34 heavy (non-hydrogen) atoms. The molecule has 0 saturated heterocycles. The van der Waals surface area contributed by atoms with E-state index >= 15 is 0 Å². The highest BCUT2D eigenvalue weighted by Gasteiger charge is 2.27. The van der Waals surface area contributed by atoms with Crippen molar-refractivity contribution in [2.75, 3.05) is 0 Å². The minimum Gasteiger partial charge on any atom is -0.489 e. The molecule has 1 aromatic heterocycles. The third-order valence-corrected chi connectivity index (χ3v) is 5.63. The Morgan fingerprint density at radius 2 is 1.71 bits per heavy atom. The Morgan fingerprint density at radius 3 is 2.32 bits per heavy atom. The maximum atomic E-state index is 13.0. The predicted octanol–water partition coefficient (Wildman–Crippen LogP) is 3.23. The number of nitrogens with one attached hydrogen (secondary N) is 2. The monoisotopic (exact) mass is 480 g/mol. The molecule has 180 valence electrons. The summed E-state index contributed by atoms with van der Waals surface area (Å²) >= 11 is 1.45. The summed E-state index contributed by atoms with van der Waals surface area (Å²) in [6.07, 6.45) is 0.645. The number of amides is 2. The molecular weight excluding hydrogens is 448 g/mol. The molecule has 3 aromatic rings. The zero-order chi connectivity index (χ0) is 24.6. The number of carbonyl (C=O) groups is 2. The number of nitrogens with zero attached hydrogens (tertiary/aromatic N) is 1. The third-order valence-electron chi connectivity index (χ3n) is 4.99. The molecule has 2 aromatic carbocycles. The van der Waals surface area contributed by atoms with E-state index in [4.69, 9.17) is 10.5 Å². The Labute approximate surface area is 204 Å². The first-order chi connectivity index (χ1) is 16.2. The molecule has 7 nitrogen and oxygen atoms in total. The number of ether oxygens (including phenoxy) is 1. The van der Waals surface area contributed by atoms with E-state index in [9.17, 15) is 9.59 Å². The standard InChI is InChI=1S/C26H32N4O3S/c1-26(2,3)30-25(32)23(29-24(31)22(27)14-20-16-34-17-28-20)13-18-9-11-21(12-10-18)33-15-19-7-5-4-6-8-19/h4-12,16-17,22-23H,13-15,27H2,1-3H3,(H,29,31)(H,30,32)/t22-,23+/m0/s1. The zero-order valence-corrected chi connectivity index (χ0v) is 20.6. The fraction of sp³-hybridized carbons (Fsp3) is 0.346. The summed E-state index contributed by atoms with van der Waals surface area (Å²) in [5.41, 5.74) is 10.1. The molecule has 0 fully saturated rings. The molecule has 0 aliphatic rings. The van der Waals surface area contributed by atoms with Crippen molar-refractivity contribution in [2.45, 2.75) is 57.8 Å². The van der Waals surface area contributed by atoms with Crippen molar-refractivity contribution >= 4 is 23.2 Å². The fourth-order valence-electron chi connectivity index (χ4n) is 3.30. The van der Waals surface area contributed by atoms with Gasteiger partial charge in [0.05, 0.1) is 17.2 Å². The number of nitrogens with two attached hydrogens (primary N) is 1. The normalized spacial score (nSPS) is 13.1. The third kappa shape index (κ3) is 8.28. The molecule has 3 rings (SSSR count). The molecule has 4 N–H and O–H groups in total. The van der Waals surface area contributed by atoms with Gasteiger partial charge < -0.3 is 21.1 Å². The van der Waals surface area contributed by atoms with Crippen LogP contribution in [0.1, 0.15) is 37.6 Å². The largest absolute Gasteiger partial charge is 0.489 e. The second-order valence-electron chi connectivity index (χ2n) is 9.21. The highest BCUT2D eigenvalue weighted by atomic mass is 32.1. The first-order valence-electron chi connectivity index (χ1n) is 11.2. The van der Waals surface area contributed by atoms with Crippen molar-refractivity contribution in [3.8, 4) is 5.75 Å². The number of benzene rings is 2. The lowest BCUT2D eigenvalue weighted by Gasteiger charge is -2.26. The van der Waals surface area contributed by atoms with Crippen molar-refractivity contribution in [1.29, 1.82) is 0 Å². The van der Waals surface area contributed by atoms with E-state index in [0.717, 1.165) is 22.6 Å². The smallest absolute Gasteiger partial charge is 0.243 e. The van der Waals surface area contributed by atoms with Crippen LogP contribution < -0.4 is 21.1 Å². The van der Waals surface area contributed by atoms with Gasteiger partial charge in [-0.15, -0.1) is 11.3 Å². The molecule has 0 aliphatic carbocycles.